The summed E-state index contributed by atoms with van der Waals surface area (Å²) in [7, 11) is 0. The molecule has 0 spiro atoms. The second kappa shape index (κ2) is 8.31. The molecule has 156 valence electrons. The zero-order valence-electron chi connectivity index (χ0n) is 16.1. The highest BCUT2D eigenvalue weighted by molar-refractivity contribution is 14.1. The highest BCUT2D eigenvalue weighted by atomic mass is 127. The second-order valence-corrected chi connectivity index (χ2v) is 9.36. The van der Waals surface area contributed by atoms with Gasteiger partial charge in [0.1, 0.15) is 30.3 Å². The Morgan fingerprint density at radius 1 is 1.17 bits per heavy atom. The quantitative estimate of drug-likeness (QED) is 0.616. The Kier molecular flexibility index (Phi) is 5.57. The van der Waals surface area contributed by atoms with Crippen LogP contribution in [0, 0.1) is 5.92 Å². The molecule has 5 rings (SSSR count). The molecule has 2 saturated heterocycles. The molecule has 1 aliphatic carbocycles. The maximum atomic E-state index is 12.4. The summed E-state index contributed by atoms with van der Waals surface area (Å²) in [6.07, 6.45) is 12.6. The van der Waals surface area contributed by atoms with Crippen molar-refractivity contribution in [2.75, 3.05) is 13.2 Å². The molecule has 3 fully saturated rings. The van der Waals surface area contributed by atoms with E-state index in [2.05, 4.69) is 43.5 Å². The van der Waals surface area contributed by atoms with E-state index in [1.54, 1.807) is 15.3 Å². The Bertz CT molecular complexity index is 864. The van der Waals surface area contributed by atoms with Crippen LogP contribution < -0.4 is 5.32 Å². The van der Waals surface area contributed by atoms with Gasteiger partial charge in [-0.3, -0.25) is 7.58 Å². The van der Waals surface area contributed by atoms with Crippen LogP contribution in [0.1, 0.15) is 54.3 Å². The molecule has 0 bridgehead atoms. The fourth-order valence-electron chi connectivity index (χ4n) is 4.75. The number of aromatic nitrogens is 5. The minimum atomic E-state index is -0.211. The fourth-order valence-corrected chi connectivity index (χ4v) is 5.13. The first kappa shape index (κ1) is 19.4. The molecule has 2 aromatic heterocycles. The predicted octanol–water partition coefficient (Wildman–Crippen LogP) is 1.93. The molecule has 2 aromatic rings. The van der Waals surface area contributed by atoms with Gasteiger partial charge >= 0.3 is 0 Å². The van der Waals surface area contributed by atoms with Gasteiger partial charge in [-0.1, -0.05) is 37.3 Å². The lowest BCUT2D eigenvalue weighted by molar-refractivity contribution is 0.0613. The third-order valence-corrected chi connectivity index (χ3v) is 6.78. The van der Waals surface area contributed by atoms with E-state index in [1.165, 1.54) is 32.1 Å². The summed E-state index contributed by atoms with van der Waals surface area (Å²) < 4.78 is 15.6. The zero-order valence-corrected chi connectivity index (χ0v) is 18.3. The van der Waals surface area contributed by atoms with Crippen molar-refractivity contribution >= 4 is 28.8 Å². The number of amides is 1. The van der Waals surface area contributed by atoms with Crippen LogP contribution >= 0.6 is 22.9 Å². The summed E-state index contributed by atoms with van der Waals surface area (Å²) in [5.41, 5.74) is 1.44. The van der Waals surface area contributed by atoms with E-state index in [0.29, 0.717) is 18.9 Å². The average Bonchev–Trinajstić information content (AvgIpc) is 3.49. The van der Waals surface area contributed by atoms with E-state index in [-0.39, 0.29) is 30.2 Å². The van der Waals surface area contributed by atoms with Crippen LogP contribution in [0.25, 0.3) is 0 Å². The van der Waals surface area contributed by atoms with Gasteiger partial charge in [-0.25, -0.2) is 9.67 Å². The van der Waals surface area contributed by atoms with Crippen LogP contribution in [0.4, 0.5) is 0 Å². The first-order chi connectivity index (χ1) is 14.2. The van der Waals surface area contributed by atoms with Gasteiger partial charge in [-0.15, -0.1) is 5.10 Å². The fraction of sp³-hybridized carbons (Fsp3) is 0.684. The largest absolute Gasteiger partial charge is 0.371 e. The Labute approximate surface area is 183 Å². The van der Waals surface area contributed by atoms with Crippen molar-refractivity contribution in [3.63, 3.8) is 0 Å². The summed E-state index contributed by atoms with van der Waals surface area (Å²) in [6, 6.07) is -0.204. The second-order valence-electron chi connectivity index (χ2n) is 8.24. The van der Waals surface area contributed by atoms with Crippen molar-refractivity contribution in [2.24, 2.45) is 5.92 Å². The third-order valence-electron chi connectivity index (χ3n) is 6.25. The predicted molar refractivity (Wildman–Crippen MR) is 112 cm³/mol. The molecule has 1 amide bonds. The molecular weight excluding hydrogens is 487 g/mol. The highest BCUT2D eigenvalue weighted by Crippen LogP contribution is 2.34. The molecule has 9 nitrogen and oxygen atoms in total. The van der Waals surface area contributed by atoms with Crippen LogP contribution in [0.5, 0.6) is 0 Å². The molecule has 4 atom stereocenters. The van der Waals surface area contributed by atoms with E-state index >= 15 is 0 Å². The number of imidazole rings is 1. The van der Waals surface area contributed by atoms with Crippen molar-refractivity contribution in [3.8, 4) is 0 Å². The molecular formula is C19H25IN6O3. The summed E-state index contributed by atoms with van der Waals surface area (Å²) >= 11 is 2.06. The molecule has 0 radical (unpaired) electrons. The first-order valence-electron chi connectivity index (χ1n) is 10.3. The van der Waals surface area contributed by atoms with E-state index in [0.717, 1.165) is 18.0 Å². The molecule has 10 heteroatoms. The van der Waals surface area contributed by atoms with Crippen LogP contribution in [0.2, 0.25) is 0 Å². The molecule has 2 aliphatic heterocycles. The number of rotatable bonds is 5. The average molecular weight is 512 g/mol. The van der Waals surface area contributed by atoms with Crippen molar-refractivity contribution < 1.29 is 14.3 Å². The van der Waals surface area contributed by atoms with E-state index in [4.69, 9.17) is 9.47 Å². The Balaban J connectivity index is 1.20. The molecule has 3 aliphatic rings. The van der Waals surface area contributed by atoms with Crippen molar-refractivity contribution in [1.82, 2.24) is 28.1 Å². The Morgan fingerprint density at radius 3 is 2.79 bits per heavy atom. The van der Waals surface area contributed by atoms with Crippen LogP contribution in [0.3, 0.4) is 0 Å². The Morgan fingerprint density at radius 2 is 2.00 bits per heavy atom. The number of carbonyl (C=O) groups is 1. The van der Waals surface area contributed by atoms with Gasteiger partial charge in [0.2, 0.25) is 0 Å². The van der Waals surface area contributed by atoms with Gasteiger partial charge < -0.3 is 14.8 Å². The van der Waals surface area contributed by atoms with Gasteiger partial charge in [-0.05, 0) is 12.3 Å². The zero-order chi connectivity index (χ0) is 19.8. The molecule has 29 heavy (non-hydrogen) atoms. The number of hydrogen-bond donors (Lipinski definition) is 1. The number of fused-ring (bicyclic) bond motifs is 1. The third kappa shape index (κ3) is 4.06. The summed E-state index contributed by atoms with van der Waals surface area (Å²) in [5.74, 6) is 0.520. The van der Waals surface area contributed by atoms with Crippen molar-refractivity contribution in [1.29, 1.82) is 0 Å². The monoisotopic (exact) mass is 512 g/mol. The minimum Gasteiger partial charge on any atom is -0.371 e. The van der Waals surface area contributed by atoms with E-state index < -0.39 is 0 Å². The standard InChI is InChI=1S/C19H25IN6O3/c20-25-8-14(21-11-25)19(27)22-15-9-28-18-16(10-29-17(15)18)26-7-13(23-24-26)6-12-4-2-1-3-5-12/h7-8,11-12,15-18H,1-6,9-10H2,(H,22,27). The molecule has 0 aromatic carbocycles. The van der Waals surface area contributed by atoms with Crippen molar-refractivity contribution in [2.45, 2.75) is 62.8 Å². The SMILES string of the molecule is O=C(NC1COC2C1OCC2n1cc(CC2CCCCC2)nn1)c1cn(I)cn1. The Hall–Kier alpha value is -1.53. The molecule has 4 unspecified atom stereocenters. The summed E-state index contributed by atoms with van der Waals surface area (Å²) in [4.78, 5) is 16.5. The summed E-state index contributed by atoms with van der Waals surface area (Å²) in [5, 5.41) is 11.8. The number of nitrogens with zero attached hydrogens (tertiary/aromatic N) is 5. The van der Waals surface area contributed by atoms with E-state index in [9.17, 15) is 4.79 Å². The van der Waals surface area contributed by atoms with Crippen molar-refractivity contribution in [3.05, 3.63) is 30.1 Å². The number of nitrogens with one attached hydrogen (secondary N) is 1. The minimum absolute atomic E-state index is 0.0111. The van der Waals surface area contributed by atoms with Gasteiger partial charge in [0.15, 0.2) is 0 Å². The lowest BCUT2D eigenvalue weighted by Gasteiger charge is -2.20. The lowest BCUT2D eigenvalue weighted by Crippen LogP contribution is -2.44. The van der Waals surface area contributed by atoms with E-state index in [1.807, 2.05) is 10.9 Å². The molecule has 4 heterocycles. The van der Waals surface area contributed by atoms with Crippen LogP contribution in [-0.2, 0) is 15.9 Å². The maximum absolute atomic E-state index is 12.4. The number of hydrogen-bond acceptors (Lipinski definition) is 6. The van der Waals surface area contributed by atoms with Gasteiger partial charge in [-0.2, -0.15) is 0 Å². The normalized spacial score (nSPS) is 29.8. The summed E-state index contributed by atoms with van der Waals surface area (Å²) in [6.45, 7) is 0.933. The lowest BCUT2D eigenvalue weighted by atomic mass is 9.86. The number of carbonyl (C=O) groups excluding carboxylic acids is 1. The number of ether oxygens (including phenoxy) is 2. The van der Waals surface area contributed by atoms with Crippen LogP contribution in [0.15, 0.2) is 18.7 Å². The van der Waals surface area contributed by atoms with Crippen LogP contribution in [-0.4, -0.2) is 60.1 Å². The van der Waals surface area contributed by atoms with Gasteiger partial charge in [0.05, 0.1) is 47.8 Å². The smallest absolute Gasteiger partial charge is 0.271 e. The van der Waals surface area contributed by atoms with Gasteiger partial charge in [0, 0.05) is 12.4 Å². The molecule has 1 N–H and O–H groups in total. The first-order valence-corrected chi connectivity index (χ1v) is 11.3. The maximum Gasteiger partial charge on any atom is 0.271 e. The number of halogens is 1. The highest BCUT2D eigenvalue weighted by Gasteiger charge is 2.49. The van der Waals surface area contributed by atoms with Gasteiger partial charge in [0.25, 0.3) is 5.91 Å². The topological polar surface area (TPSA) is 96.1 Å². The molecule has 1 saturated carbocycles.